The van der Waals surface area contributed by atoms with Gasteiger partial charge in [-0.05, 0) is 73.0 Å². The van der Waals surface area contributed by atoms with Crippen LogP contribution < -0.4 is 14.2 Å². The van der Waals surface area contributed by atoms with Gasteiger partial charge in [0.2, 0.25) is 0 Å². The van der Waals surface area contributed by atoms with E-state index in [-0.39, 0.29) is 0 Å². The fourth-order valence-electron chi connectivity index (χ4n) is 12.2. The summed E-state index contributed by atoms with van der Waals surface area (Å²) < 4.78 is 18.3. The fourth-order valence-corrected chi connectivity index (χ4v) is 15.0. The minimum atomic E-state index is 0.331. The van der Waals surface area contributed by atoms with E-state index < -0.39 is 0 Å². The molecule has 0 aliphatic rings. The number of unbranched alkanes of at least 4 members (excludes halogenated alkanes) is 57. The van der Waals surface area contributed by atoms with Crippen molar-refractivity contribution in [2.45, 2.75) is 425 Å². The maximum absolute atomic E-state index is 6.11. The number of hydrogen-bond donors (Lipinski definition) is 0. The molecule has 1 heterocycles. The van der Waals surface area contributed by atoms with Crippen LogP contribution in [-0.2, 0) is 0 Å². The van der Waals surface area contributed by atoms with Crippen LogP contribution in [0, 0.1) is 0 Å². The summed E-state index contributed by atoms with van der Waals surface area (Å²) in [7, 11) is 0. The van der Waals surface area contributed by atoms with Gasteiger partial charge in [-0.25, -0.2) is 0 Å². The van der Waals surface area contributed by atoms with Crippen molar-refractivity contribution in [2.75, 3.05) is 54.3 Å². The molecule has 87 heavy (non-hydrogen) atoms. The van der Waals surface area contributed by atoms with Gasteiger partial charge in [0.15, 0.2) is 0 Å². The van der Waals surface area contributed by atoms with E-state index in [1.807, 2.05) is 0 Å². The van der Waals surface area contributed by atoms with E-state index in [2.05, 4.69) is 71.0 Å². The summed E-state index contributed by atoms with van der Waals surface area (Å²) in [4.78, 5) is 13.7. The van der Waals surface area contributed by atoms with E-state index in [1.54, 1.807) is 0 Å². The molecule has 0 amide bonds. The summed E-state index contributed by atoms with van der Waals surface area (Å²) in [6, 6.07) is 0.992. The first-order chi connectivity index (χ1) is 43.3. The Balaban J connectivity index is 2.20. The molecule has 0 radical (unpaired) electrons. The number of hydrogen-bond acceptors (Lipinski definition) is 9. The smallest absolute Gasteiger partial charge is 0.325 e. The lowest BCUT2D eigenvalue weighted by Crippen LogP contribution is -2.10. The molecule has 6 nitrogen and oxygen atoms in total. The highest BCUT2D eigenvalue weighted by Crippen LogP contribution is 2.22. The monoisotopic (exact) mass is 1280 g/mol. The zero-order valence-corrected chi connectivity index (χ0v) is 61.7. The predicted octanol–water partition coefficient (Wildman–Crippen LogP) is 27.8. The van der Waals surface area contributed by atoms with E-state index in [0.29, 0.717) is 37.9 Å². The number of aromatic nitrogens is 3. The highest BCUT2D eigenvalue weighted by Gasteiger charge is 2.11. The molecule has 9 heteroatoms. The third kappa shape index (κ3) is 69.6. The van der Waals surface area contributed by atoms with Crippen molar-refractivity contribution < 1.29 is 14.2 Å². The van der Waals surface area contributed by atoms with Gasteiger partial charge in [0.05, 0.1) is 19.8 Å². The van der Waals surface area contributed by atoms with Gasteiger partial charge in [0, 0.05) is 0 Å². The zero-order valence-electron chi connectivity index (χ0n) is 59.2. The molecule has 0 N–H and O–H groups in total. The van der Waals surface area contributed by atoms with E-state index >= 15 is 0 Å². The Kier molecular flexibility index (Phi) is 74.0. The number of ether oxygens (including phenoxy) is 3. The van der Waals surface area contributed by atoms with Crippen molar-refractivity contribution in [1.29, 1.82) is 0 Å². The topological polar surface area (TPSA) is 66.4 Å². The van der Waals surface area contributed by atoms with Crippen molar-refractivity contribution in [3.63, 3.8) is 0 Å². The standard InChI is InChI=1S/C78H153N3O3S3/c1-4-7-10-13-16-19-22-25-28-31-34-37-40-43-46-49-52-55-58-61-70-85-73-64-67-82-76-79-77(83-68-65-74-86-71-62-59-56-53-50-47-44-41-38-35-32-29-26-23-20-17-14-11-8-5-2)81-78(80-76)84-69-66-75-87-72-63-60-57-54-51-48-45-42-39-36-33-30-27-24-21-18-15-12-9-6-3/h4-75H2,1-3H3. The average Bonchev–Trinajstić information content (AvgIpc) is 3.67. The number of thioether (sulfide) groups is 3. The normalized spacial score (nSPS) is 11.6. The van der Waals surface area contributed by atoms with Crippen LogP contribution in [0.25, 0.3) is 0 Å². The van der Waals surface area contributed by atoms with Crippen molar-refractivity contribution in [1.82, 2.24) is 15.0 Å². The third-order valence-corrected chi connectivity index (χ3v) is 21.5. The number of rotatable bonds is 78. The molecule has 516 valence electrons. The SMILES string of the molecule is CCCCCCCCCCCCCCCCCCCCCCSCCCOc1nc(OCCCSCCCCCCCCCCCCCCCCCCCCCC)nc(OCCCSCCCCCCCCCCCCCCCCCCCCCC)n1. The van der Waals surface area contributed by atoms with Crippen LogP contribution in [0.3, 0.4) is 0 Å². The van der Waals surface area contributed by atoms with E-state index in [1.165, 1.54) is 403 Å². The average molecular weight is 1280 g/mol. The minimum absolute atomic E-state index is 0.331. The van der Waals surface area contributed by atoms with Crippen molar-refractivity contribution in [2.24, 2.45) is 0 Å². The highest BCUT2D eigenvalue weighted by molar-refractivity contribution is 7.99. The van der Waals surface area contributed by atoms with Crippen molar-refractivity contribution in [3.8, 4) is 18.0 Å². The lowest BCUT2D eigenvalue weighted by molar-refractivity contribution is 0.236. The summed E-state index contributed by atoms with van der Waals surface area (Å²) in [5.74, 6) is 7.05. The Bertz CT molecular complexity index is 1240. The molecule has 0 aromatic carbocycles. The highest BCUT2D eigenvalue weighted by atomic mass is 32.2. The molecule has 0 spiro atoms. The molecule has 0 saturated carbocycles. The number of nitrogens with zero attached hydrogens (tertiary/aromatic N) is 3. The molecule has 0 fully saturated rings. The van der Waals surface area contributed by atoms with Gasteiger partial charge in [-0.1, -0.05) is 387 Å². The quantitative estimate of drug-likeness (QED) is 0.0594. The maximum Gasteiger partial charge on any atom is 0.325 e. The van der Waals surface area contributed by atoms with Gasteiger partial charge in [-0.15, -0.1) is 15.0 Å². The molecule has 1 rings (SSSR count). The maximum atomic E-state index is 6.11. The van der Waals surface area contributed by atoms with Crippen molar-refractivity contribution >= 4 is 35.3 Å². The third-order valence-electron chi connectivity index (χ3n) is 18.0. The first-order valence-corrected chi connectivity index (χ1v) is 43.1. The Labute approximate surface area is 558 Å². The summed E-state index contributed by atoms with van der Waals surface area (Å²) in [6.07, 6.45) is 89.0. The second-order valence-corrected chi connectivity index (χ2v) is 30.5. The summed E-state index contributed by atoms with van der Waals surface area (Å²) in [5, 5.41) is 0. The molecule has 0 bridgehead atoms. The Morgan fingerprint density at radius 2 is 0.299 bits per heavy atom. The molecule has 0 saturated heterocycles. The zero-order chi connectivity index (χ0) is 62.0. The van der Waals surface area contributed by atoms with E-state index in [0.717, 1.165) is 36.5 Å². The Morgan fingerprint density at radius 3 is 0.448 bits per heavy atom. The molecule has 0 aliphatic carbocycles. The van der Waals surface area contributed by atoms with Gasteiger partial charge < -0.3 is 14.2 Å². The largest absolute Gasteiger partial charge is 0.463 e. The Hall–Kier alpha value is -0.540. The van der Waals surface area contributed by atoms with Gasteiger partial charge in [-0.2, -0.15) is 35.3 Å². The van der Waals surface area contributed by atoms with Gasteiger partial charge in [0.25, 0.3) is 0 Å². The van der Waals surface area contributed by atoms with Crippen LogP contribution in [0.15, 0.2) is 0 Å². The second-order valence-electron chi connectivity index (χ2n) is 26.8. The van der Waals surface area contributed by atoms with E-state index in [9.17, 15) is 0 Å². The molecular formula is C78H153N3O3S3. The molecule has 1 aromatic rings. The first kappa shape index (κ1) is 84.5. The van der Waals surface area contributed by atoms with Gasteiger partial charge >= 0.3 is 18.0 Å². The molecular weight excluding hydrogens is 1120 g/mol. The summed E-state index contributed by atoms with van der Waals surface area (Å²) in [5.41, 5.74) is 0. The lowest BCUT2D eigenvalue weighted by Gasteiger charge is -2.10. The first-order valence-electron chi connectivity index (χ1n) is 39.7. The minimum Gasteiger partial charge on any atom is -0.463 e. The Morgan fingerprint density at radius 1 is 0.172 bits per heavy atom. The van der Waals surface area contributed by atoms with Crippen LogP contribution in [0.1, 0.15) is 425 Å². The van der Waals surface area contributed by atoms with Crippen LogP contribution in [0.2, 0.25) is 0 Å². The van der Waals surface area contributed by atoms with Crippen LogP contribution in [0.5, 0.6) is 18.0 Å². The lowest BCUT2D eigenvalue weighted by atomic mass is 10.0. The molecule has 0 atom stereocenters. The van der Waals surface area contributed by atoms with Crippen LogP contribution in [-0.4, -0.2) is 69.3 Å². The van der Waals surface area contributed by atoms with Gasteiger partial charge in [-0.3, -0.25) is 0 Å². The molecule has 0 aliphatic heterocycles. The second kappa shape index (κ2) is 76.2. The molecule has 0 unspecified atom stereocenters. The summed E-state index contributed by atoms with van der Waals surface area (Å²) >= 11 is 6.18. The van der Waals surface area contributed by atoms with Gasteiger partial charge in [0.1, 0.15) is 0 Å². The summed E-state index contributed by atoms with van der Waals surface area (Å²) in [6.45, 7) is 8.72. The fraction of sp³-hybridized carbons (Fsp3) is 0.962. The van der Waals surface area contributed by atoms with Crippen LogP contribution in [0.4, 0.5) is 0 Å². The van der Waals surface area contributed by atoms with Crippen LogP contribution >= 0.6 is 35.3 Å². The van der Waals surface area contributed by atoms with Crippen molar-refractivity contribution in [3.05, 3.63) is 0 Å². The molecule has 1 aromatic heterocycles. The predicted molar refractivity (Wildman–Crippen MR) is 396 cm³/mol. The van der Waals surface area contributed by atoms with E-state index in [4.69, 9.17) is 14.2 Å².